The van der Waals surface area contributed by atoms with Crippen molar-refractivity contribution < 1.29 is 14.3 Å². The Bertz CT molecular complexity index is 1320. The Morgan fingerprint density at radius 1 is 1.03 bits per heavy atom. The molecular weight excluding hydrogens is 512 g/mol. The molecule has 1 aromatic heterocycles. The highest BCUT2D eigenvalue weighted by Crippen LogP contribution is 2.37. The van der Waals surface area contributed by atoms with E-state index < -0.39 is 0 Å². The fraction of sp³-hybridized carbons (Fsp3) is 0.148. The molecular formula is C27H25BrN2O3S. The number of benzene rings is 3. The minimum absolute atomic E-state index is 0.137. The standard InChI is InChI=1S/C27H25BrN2O3S/c1-32-23-13-7-18(17-24(23)33-2)8-14-25(31)29-15-16-34-27-21-5-3-4-6-22(21)30-26(27)19-9-11-20(28)12-10-19/h3-14,17,30H,15-16H2,1-2H3,(H,29,31). The van der Waals surface area contributed by atoms with Crippen LogP contribution in [0.4, 0.5) is 0 Å². The van der Waals surface area contributed by atoms with Gasteiger partial charge in [-0.05, 0) is 47.5 Å². The Balaban J connectivity index is 1.39. The van der Waals surface area contributed by atoms with Crippen molar-refractivity contribution in [1.29, 1.82) is 0 Å². The zero-order valence-corrected chi connectivity index (χ0v) is 21.3. The number of aromatic nitrogens is 1. The van der Waals surface area contributed by atoms with E-state index in [-0.39, 0.29) is 5.91 Å². The van der Waals surface area contributed by atoms with Gasteiger partial charge in [0.05, 0.1) is 19.9 Å². The number of hydrogen-bond acceptors (Lipinski definition) is 4. The maximum absolute atomic E-state index is 12.3. The first-order valence-corrected chi connectivity index (χ1v) is 12.5. The molecule has 0 aliphatic carbocycles. The summed E-state index contributed by atoms with van der Waals surface area (Å²) in [6, 6.07) is 22.1. The normalized spacial score (nSPS) is 11.1. The molecule has 0 aliphatic rings. The van der Waals surface area contributed by atoms with Gasteiger partial charge in [-0.1, -0.05) is 52.3 Å². The van der Waals surface area contributed by atoms with Crippen LogP contribution in [0.1, 0.15) is 5.56 Å². The van der Waals surface area contributed by atoms with Gasteiger partial charge in [-0.25, -0.2) is 0 Å². The highest BCUT2D eigenvalue weighted by Gasteiger charge is 2.13. The zero-order valence-electron chi connectivity index (χ0n) is 18.9. The minimum atomic E-state index is -0.137. The van der Waals surface area contributed by atoms with Crippen molar-refractivity contribution in [2.75, 3.05) is 26.5 Å². The van der Waals surface area contributed by atoms with Crippen LogP contribution in [0, 0.1) is 0 Å². The number of rotatable bonds is 9. The zero-order chi connectivity index (χ0) is 23.9. The molecule has 3 aromatic carbocycles. The summed E-state index contributed by atoms with van der Waals surface area (Å²) in [6.45, 7) is 0.555. The molecule has 0 saturated heterocycles. The summed E-state index contributed by atoms with van der Waals surface area (Å²) in [5.41, 5.74) is 4.19. The Kier molecular flexibility index (Phi) is 7.98. The van der Waals surface area contributed by atoms with E-state index in [9.17, 15) is 4.79 Å². The number of aromatic amines is 1. The van der Waals surface area contributed by atoms with Crippen LogP contribution in [0.25, 0.3) is 28.2 Å². The van der Waals surface area contributed by atoms with Crippen molar-refractivity contribution in [1.82, 2.24) is 10.3 Å². The number of thioether (sulfide) groups is 1. The molecule has 0 fully saturated rings. The molecule has 0 spiro atoms. The van der Waals surface area contributed by atoms with Crippen molar-refractivity contribution in [3.63, 3.8) is 0 Å². The van der Waals surface area contributed by atoms with Crippen molar-refractivity contribution >= 4 is 50.6 Å². The van der Waals surface area contributed by atoms with E-state index in [1.807, 2.05) is 42.5 Å². The monoisotopic (exact) mass is 536 g/mol. The third-order valence-corrected chi connectivity index (χ3v) is 6.92. The van der Waals surface area contributed by atoms with E-state index in [1.165, 1.54) is 16.4 Å². The minimum Gasteiger partial charge on any atom is -0.493 e. The quantitative estimate of drug-likeness (QED) is 0.145. The molecule has 1 heterocycles. The lowest BCUT2D eigenvalue weighted by Gasteiger charge is -2.08. The van der Waals surface area contributed by atoms with Gasteiger partial charge >= 0.3 is 0 Å². The van der Waals surface area contributed by atoms with Gasteiger partial charge in [0.15, 0.2) is 11.5 Å². The molecule has 0 atom stereocenters. The van der Waals surface area contributed by atoms with Gasteiger partial charge in [-0.15, -0.1) is 11.8 Å². The maximum Gasteiger partial charge on any atom is 0.244 e. The van der Waals surface area contributed by atoms with E-state index in [0.717, 1.165) is 32.6 Å². The van der Waals surface area contributed by atoms with Crippen LogP contribution in [0.5, 0.6) is 11.5 Å². The van der Waals surface area contributed by atoms with Gasteiger partial charge in [-0.2, -0.15) is 0 Å². The van der Waals surface area contributed by atoms with Gasteiger partial charge in [-0.3, -0.25) is 4.79 Å². The Morgan fingerprint density at radius 2 is 1.79 bits per heavy atom. The molecule has 1 amide bonds. The number of amides is 1. The van der Waals surface area contributed by atoms with Crippen LogP contribution in [0.15, 0.2) is 82.2 Å². The summed E-state index contributed by atoms with van der Waals surface area (Å²) >= 11 is 5.24. The van der Waals surface area contributed by atoms with E-state index in [2.05, 4.69) is 50.5 Å². The number of H-pyrrole nitrogens is 1. The molecule has 174 valence electrons. The maximum atomic E-state index is 12.3. The molecule has 0 saturated carbocycles. The summed E-state index contributed by atoms with van der Waals surface area (Å²) in [7, 11) is 3.18. The van der Waals surface area contributed by atoms with Crippen molar-refractivity contribution in [3.05, 3.63) is 82.8 Å². The predicted molar refractivity (Wildman–Crippen MR) is 144 cm³/mol. The van der Waals surface area contributed by atoms with Crippen LogP contribution < -0.4 is 14.8 Å². The number of methoxy groups -OCH3 is 2. The number of carbonyl (C=O) groups excluding carboxylic acids is 1. The second-order valence-corrected chi connectivity index (χ2v) is 9.49. The highest BCUT2D eigenvalue weighted by molar-refractivity contribution is 9.10. The van der Waals surface area contributed by atoms with Gasteiger partial charge in [0.25, 0.3) is 0 Å². The lowest BCUT2D eigenvalue weighted by Crippen LogP contribution is -2.23. The first kappa shape index (κ1) is 24.0. The predicted octanol–water partition coefficient (Wildman–Crippen LogP) is 6.54. The number of halogens is 1. The second-order valence-electron chi connectivity index (χ2n) is 7.47. The van der Waals surface area contributed by atoms with E-state index in [0.29, 0.717) is 18.0 Å². The number of nitrogens with one attached hydrogen (secondary N) is 2. The highest BCUT2D eigenvalue weighted by atomic mass is 79.9. The fourth-order valence-electron chi connectivity index (χ4n) is 3.60. The summed E-state index contributed by atoms with van der Waals surface area (Å²) in [5.74, 6) is 1.89. The third-order valence-electron chi connectivity index (χ3n) is 5.27. The SMILES string of the molecule is COc1ccc(C=CC(=O)NCCSc2c(-c3ccc(Br)cc3)[nH]c3ccccc23)cc1OC. The summed E-state index contributed by atoms with van der Waals surface area (Å²) in [5, 5.41) is 4.15. The lowest BCUT2D eigenvalue weighted by atomic mass is 10.1. The fourth-order valence-corrected chi connectivity index (χ4v) is 4.92. The van der Waals surface area contributed by atoms with Gasteiger partial charge < -0.3 is 19.8 Å². The molecule has 4 rings (SSSR count). The van der Waals surface area contributed by atoms with E-state index >= 15 is 0 Å². The lowest BCUT2D eigenvalue weighted by molar-refractivity contribution is -0.116. The van der Waals surface area contributed by atoms with Crippen LogP contribution in [-0.2, 0) is 4.79 Å². The number of para-hydroxylation sites is 1. The summed E-state index contributed by atoms with van der Waals surface area (Å²) < 4.78 is 11.6. The summed E-state index contributed by atoms with van der Waals surface area (Å²) in [6.07, 6.45) is 3.29. The first-order chi connectivity index (χ1) is 16.6. The van der Waals surface area contributed by atoms with Crippen molar-refractivity contribution in [2.45, 2.75) is 4.90 Å². The van der Waals surface area contributed by atoms with Crippen LogP contribution >= 0.6 is 27.7 Å². The van der Waals surface area contributed by atoms with Gasteiger partial charge in [0.1, 0.15) is 0 Å². The topological polar surface area (TPSA) is 63.3 Å². The van der Waals surface area contributed by atoms with Gasteiger partial charge in [0.2, 0.25) is 5.91 Å². The molecule has 0 unspecified atom stereocenters. The van der Waals surface area contributed by atoms with Crippen molar-refractivity contribution in [3.8, 4) is 22.8 Å². The van der Waals surface area contributed by atoms with E-state index in [4.69, 9.17) is 9.47 Å². The summed E-state index contributed by atoms with van der Waals surface area (Å²) in [4.78, 5) is 17.1. The van der Waals surface area contributed by atoms with Crippen LogP contribution in [0.2, 0.25) is 0 Å². The molecule has 0 aliphatic heterocycles. The van der Waals surface area contributed by atoms with Gasteiger partial charge in [0, 0.05) is 38.6 Å². The molecule has 34 heavy (non-hydrogen) atoms. The molecule has 4 aromatic rings. The number of carbonyl (C=O) groups is 1. The Morgan fingerprint density at radius 3 is 2.56 bits per heavy atom. The van der Waals surface area contributed by atoms with E-state index in [1.54, 1.807) is 32.1 Å². The molecule has 0 radical (unpaired) electrons. The number of ether oxygens (including phenoxy) is 2. The smallest absolute Gasteiger partial charge is 0.244 e. The molecule has 7 heteroatoms. The number of hydrogen-bond donors (Lipinski definition) is 2. The van der Waals surface area contributed by atoms with Crippen molar-refractivity contribution in [2.24, 2.45) is 0 Å². The van der Waals surface area contributed by atoms with Crippen LogP contribution in [-0.4, -0.2) is 37.4 Å². The number of fused-ring (bicyclic) bond motifs is 1. The molecule has 5 nitrogen and oxygen atoms in total. The third kappa shape index (κ3) is 5.66. The molecule has 0 bridgehead atoms. The molecule has 2 N–H and O–H groups in total. The second kappa shape index (κ2) is 11.3. The largest absolute Gasteiger partial charge is 0.493 e. The van der Waals surface area contributed by atoms with Crippen LogP contribution in [0.3, 0.4) is 0 Å². The Hall–Kier alpha value is -3.16. The Labute approximate surface area is 211 Å². The average Bonchev–Trinajstić information content (AvgIpc) is 3.24. The first-order valence-electron chi connectivity index (χ1n) is 10.8. The average molecular weight is 537 g/mol.